The van der Waals surface area contributed by atoms with Crippen LogP contribution in [0.4, 0.5) is 0 Å². The van der Waals surface area contributed by atoms with Crippen LogP contribution in [-0.2, 0) is 26.1 Å². The monoisotopic (exact) mass is 357 g/mol. The molecule has 0 aliphatic carbocycles. The molecule has 2 rings (SSSR count). The van der Waals surface area contributed by atoms with Gasteiger partial charge in [0.1, 0.15) is 5.82 Å². The lowest BCUT2D eigenvalue weighted by Crippen LogP contribution is -2.40. The van der Waals surface area contributed by atoms with Gasteiger partial charge < -0.3 is 9.47 Å². The van der Waals surface area contributed by atoms with Gasteiger partial charge in [0.05, 0.1) is 31.3 Å². The molecular weight excluding hydrogens is 330 g/mol. The summed E-state index contributed by atoms with van der Waals surface area (Å²) >= 11 is 0. The van der Waals surface area contributed by atoms with E-state index in [9.17, 15) is 8.42 Å². The summed E-state index contributed by atoms with van der Waals surface area (Å²) in [6.45, 7) is 6.06. The third kappa shape index (κ3) is 4.95. The Hall–Kier alpha value is -1.09. The molecule has 1 aliphatic heterocycles. The van der Waals surface area contributed by atoms with E-state index in [-0.39, 0.29) is 11.7 Å². The molecule has 0 aromatic carbocycles. The Morgan fingerprint density at radius 3 is 2.88 bits per heavy atom. The minimum atomic E-state index is -3.17. The first-order chi connectivity index (χ1) is 11.5. The number of aromatic nitrogens is 2. The van der Waals surface area contributed by atoms with Gasteiger partial charge in [0.15, 0.2) is 0 Å². The van der Waals surface area contributed by atoms with Crippen molar-refractivity contribution < 1.29 is 17.9 Å². The Labute approximate surface area is 144 Å². The number of rotatable bonds is 8. The molecule has 0 spiro atoms. The fourth-order valence-corrected chi connectivity index (χ4v) is 4.08. The maximum Gasteiger partial charge on any atom is 0.213 e. The first kappa shape index (κ1) is 19.2. The van der Waals surface area contributed by atoms with Crippen LogP contribution in [0.15, 0.2) is 6.20 Å². The van der Waals surface area contributed by atoms with E-state index < -0.39 is 10.0 Å². The van der Waals surface area contributed by atoms with Crippen LogP contribution in [0.3, 0.4) is 0 Å². The lowest BCUT2D eigenvalue weighted by atomic mass is 9.93. The summed E-state index contributed by atoms with van der Waals surface area (Å²) in [5, 5.41) is 0. The summed E-state index contributed by atoms with van der Waals surface area (Å²) in [6, 6.07) is 0. The van der Waals surface area contributed by atoms with Crippen LogP contribution in [0.2, 0.25) is 0 Å². The largest absolute Gasteiger partial charge is 0.382 e. The normalized spacial score (nSPS) is 19.5. The lowest BCUT2D eigenvalue weighted by molar-refractivity contribution is 0.0608. The van der Waals surface area contributed by atoms with Crippen LogP contribution in [-0.4, -0.2) is 61.9 Å². The molecule has 136 valence electrons. The Bertz CT molecular complexity index is 636. The fraction of sp³-hybridized carbons (Fsp3) is 0.750. The quantitative estimate of drug-likeness (QED) is 0.656. The molecule has 1 aromatic heterocycles. The Balaban J connectivity index is 2.15. The highest BCUT2D eigenvalue weighted by molar-refractivity contribution is 7.89. The fourth-order valence-electron chi connectivity index (χ4n) is 2.90. The van der Waals surface area contributed by atoms with Crippen molar-refractivity contribution in [3.05, 3.63) is 23.3 Å². The number of hydrogen-bond acceptors (Lipinski definition) is 6. The summed E-state index contributed by atoms with van der Waals surface area (Å²) < 4.78 is 36.5. The van der Waals surface area contributed by atoms with Crippen molar-refractivity contribution in [2.24, 2.45) is 0 Å². The van der Waals surface area contributed by atoms with Gasteiger partial charge in [-0.05, 0) is 26.7 Å². The van der Waals surface area contributed by atoms with Crippen LogP contribution in [0.1, 0.15) is 42.8 Å². The molecule has 1 unspecified atom stereocenters. The van der Waals surface area contributed by atoms with Gasteiger partial charge in [-0.2, -0.15) is 0 Å². The maximum absolute atomic E-state index is 12.2. The summed E-state index contributed by atoms with van der Waals surface area (Å²) in [6.07, 6.45) is 3.56. The van der Waals surface area contributed by atoms with Crippen LogP contribution in [0.25, 0.3) is 0 Å². The molecule has 1 fully saturated rings. The van der Waals surface area contributed by atoms with E-state index in [2.05, 4.69) is 9.97 Å². The molecule has 1 atom stereocenters. The van der Waals surface area contributed by atoms with E-state index in [1.807, 2.05) is 6.92 Å². The van der Waals surface area contributed by atoms with Crippen LogP contribution < -0.4 is 0 Å². The van der Waals surface area contributed by atoms with Gasteiger partial charge in [0.25, 0.3) is 0 Å². The number of methoxy groups -OCH3 is 1. The Morgan fingerprint density at radius 1 is 1.38 bits per heavy atom. The SMILES string of the molecule is CCS(=O)(=O)N1CCCC(c2nc(C)ncc2COCCOC)C1. The molecule has 0 amide bonds. The molecule has 0 N–H and O–H groups in total. The first-order valence-corrected chi connectivity index (χ1v) is 9.95. The summed E-state index contributed by atoms with van der Waals surface area (Å²) in [5.41, 5.74) is 1.84. The van der Waals surface area contributed by atoms with Gasteiger partial charge in [-0.3, -0.25) is 0 Å². The van der Waals surface area contributed by atoms with Crippen LogP contribution in [0, 0.1) is 6.92 Å². The van der Waals surface area contributed by atoms with Gasteiger partial charge in [0.2, 0.25) is 10.0 Å². The molecular formula is C16H27N3O4S. The van der Waals surface area contributed by atoms with Gasteiger partial charge >= 0.3 is 0 Å². The molecule has 0 bridgehead atoms. The minimum absolute atomic E-state index is 0.0859. The van der Waals surface area contributed by atoms with Crippen LogP contribution >= 0.6 is 0 Å². The molecule has 1 aromatic rings. The average Bonchev–Trinajstić information content (AvgIpc) is 2.60. The zero-order valence-electron chi connectivity index (χ0n) is 14.7. The number of hydrogen-bond donors (Lipinski definition) is 0. The van der Waals surface area contributed by atoms with Crippen molar-refractivity contribution in [1.82, 2.24) is 14.3 Å². The summed E-state index contributed by atoms with van der Waals surface area (Å²) in [5.74, 6) is 0.916. The standard InChI is InChI=1S/C16H27N3O4S/c1-4-24(20,21)19-7-5-6-14(11-19)16-15(10-17-13(2)18-16)12-23-9-8-22-3/h10,14H,4-9,11-12H2,1-3H3. The number of piperidine rings is 1. The summed E-state index contributed by atoms with van der Waals surface area (Å²) in [4.78, 5) is 8.86. The number of ether oxygens (including phenoxy) is 2. The van der Waals surface area contributed by atoms with Gasteiger partial charge in [-0.25, -0.2) is 22.7 Å². The summed E-state index contributed by atoms with van der Waals surface area (Å²) in [7, 11) is -1.53. The predicted octanol–water partition coefficient (Wildman–Crippen LogP) is 1.48. The predicted molar refractivity (Wildman–Crippen MR) is 91.3 cm³/mol. The average molecular weight is 357 g/mol. The first-order valence-electron chi connectivity index (χ1n) is 8.34. The van der Waals surface area contributed by atoms with Crippen molar-refractivity contribution in [3.8, 4) is 0 Å². The highest BCUT2D eigenvalue weighted by atomic mass is 32.2. The van der Waals surface area contributed by atoms with E-state index in [0.717, 1.165) is 24.1 Å². The van der Waals surface area contributed by atoms with Crippen molar-refractivity contribution in [2.75, 3.05) is 39.2 Å². The number of aryl methyl sites for hydroxylation is 1. The van der Waals surface area contributed by atoms with E-state index in [1.165, 1.54) is 0 Å². The van der Waals surface area contributed by atoms with Crippen molar-refractivity contribution in [2.45, 2.75) is 39.2 Å². The Kier molecular flexibility index (Phi) is 7.09. The lowest BCUT2D eigenvalue weighted by Gasteiger charge is -2.32. The van der Waals surface area contributed by atoms with Crippen molar-refractivity contribution in [3.63, 3.8) is 0 Å². The molecule has 24 heavy (non-hydrogen) atoms. The third-order valence-electron chi connectivity index (χ3n) is 4.24. The molecule has 0 radical (unpaired) electrons. The molecule has 7 nitrogen and oxygen atoms in total. The zero-order chi connectivity index (χ0) is 17.6. The number of nitrogens with zero attached hydrogens (tertiary/aromatic N) is 3. The van der Waals surface area contributed by atoms with Gasteiger partial charge in [-0.1, -0.05) is 0 Å². The topological polar surface area (TPSA) is 81.6 Å². The Morgan fingerprint density at radius 2 is 2.17 bits per heavy atom. The highest BCUT2D eigenvalue weighted by Gasteiger charge is 2.30. The van der Waals surface area contributed by atoms with Gasteiger partial charge in [-0.15, -0.1) is 0 Å². The second-order valence-electron chi connectivity index (χ2n) is 5.97. The van der Waals surface area contributed by atoms with Crippen molar-refractivity contribution >= 4 is 10.0 Å². The minimum Gasteiger partial charge on any atom is -0.382 e. The second-order valence-corrected chi connectivity index (χ2v) is 8.23. The molecule has 1 saturated heterocycles. The molecule has 2 heterocycles. The van der Waals surface area contributed by atoms with E-state index >= 15 is 0 Å². The third-order valence-corrected chi connectivity index (χ3v) is 6.08. The maximum atomic E-state index is 12.2. The van der Waals surface area contributed by atoms with E-state index in [1.54, 1.807) is 24.5 Å². The second kappa shape index (κ2) is 8.84. The molecule has 8 heteroatoms. The smallest absolute Gasteiger partial charge is 0.213 e. The van der Waals surface area contributed by atoms with E-state index in [0.29, 0.717) is 38.7 Å². The van der Waals surface area contributed by atoms with E-state index in [4.69, 9.17) is 9.47 Å². The van der Waals surface area contributed by atoms with Gasteiger partial charge in [0, 0.05) is 37.9 Å². The number of sulfonamides is 1. The van der Waals surface area contributed by atoms with Crippen LogP contribution in [0.5, 0.6) is 0 Å². The molecule has 0 saturated carbocycles. The molecule has 1 aliphatic rings. The highest BCUT2D eigenvalue weighted by Crippen LogP contribution is 2.29. The zero-order valence-corrected chi connectivity index (χ0v) is 15.5. The van der Waals surface area contributed by atoms with Crippen molar-refractivity contribution in [1.29, 1.82) is 0 Å².